The number of fused-ring (bicyclic) bond motifs is 1. The fraction of sp³-hybridized carbons (Fsp3) is 0.474. The maximum atomic E-state index is 13.4. The van der Waals surface area contributed by atoms with Gasteiger partial charge in [-0.05, 0) is 43.1 Å². The molecular formula is C19H24Cl2F3N3O2. The van der Waals surface area contributed by atoms with Gasteiger partial charge in [-0.2, -0.15) is 13.2 Å². The molecule has 1 fully saturated rings. The summed E-state index contributed by atoms with van der Waals surface area (Å²) in [6, 6.07) is 5.64. The summed E-state index contributed by atoms with van der Waals surface area (Å²) in [5, 5.41) is 3.69. The van der Waals surface area contributed by atoms with Crippen molar-refractivity contribution in [2.24, 2.45) is 5.92 Å². The van der Waals surface area contributed by atoms with E-state index in [2.05, 4.69) is 17.2 Å². The summed E-state index contributed by atoms with van der Waals surface area (Å²) in [5.74, 6) is -0.0482. The molecule has 29 heavy (non-hydrogen) atoms. The first-order valence-electron chi connectivity index (χ1n) is 8.80. The number of anilines is 1. The number of nitrogens with one attached hydrogen (secondary N) is 1. The minimum atomic E-state index is -4.50. The van der Waals surface area contributed by atoms with Gasteiger partial charge in [0, 0.05) is 29.9 Å². The summed E-state index contributed by atoms with van der Waals surface area (Å²) in [4.78, 5) is 17.8. The van der Waals surface area contributed by atoms with Crippen molar-refractivity contribution in [3.05, 3.63) is 36.0 Å². The lowest BCUT2D eigenvalue weighted by Gasteiger charge is -2.38. The number of benzene rings is 1. The molecule has 1 saturated heterocycles. The highest BCUT2D eigenvalue weighted by Crippen LogP contribution is 2.38. The number of nitrogens with zero attached hydrogens (tertiary/aromatic N) is 2. The lowest BCUT2D eigenvalue weighted by atomic mass is 9.95. The van der Waals surface area contributed by atoms with Gasteiger partial charge in [-0.3, -0.25) is 9.78 Å². The average Bonchev–Trinajstić information content (AvgIpc) is 2.64. The Morgan fingerprint density at radius 2 is 2.00 bits per heavy atom. The number of hydrogen-bond acceptors (Lipinski definition) is 5. The summed E-state index contributed by atoms with van der Waals surface area (Å²) in [6.07, 6.45) is -2.33. The Morgan fingerprint density at radius 3 is 2.62 bits per heavy atom. The van der Waals surface area contributed by atoms with E-state index in [1.165, 1.54) is 19.4 Å². The molecule has 0 aliphatic carbocycles. The molecule has 1 aliphatic heterocycles. The highest BCUT2D eigenvalue weighted by atomic mass is 35.5. The molecule has 0 saturated carbocycles. The van der Waals surface area contributed by atoms with E-state index in [4.69, 9.17) is 4.74 Å². The van der Waals surface area contributed by atoms with Crippen molar-refractivity contribution in [2.45, 2.75) is 25.6 Å². The van der Waals surface area contributed by atoms with Gasteiger partial charge in [-0.25, -0.2) is 0 Å². The Labute approximate surface area is 179 Å². The van der Waals surface area contributed by atoms with E-state index < -0.39 is 17.7 Å². The molecule has 2 heterocycles. The summed E-state index contributed by atoms with van der Waals surface area (Å²) >= 11 is 0. The zero-order valence-corrected chi connectivity index (χ0v) is 17.7. The standard InChI is InChI=1S/C19H22F3N3O2.2ClH/c1-12-8-13(10-23-9-12)25(11-17(26)27-2)16-6-5-15(19(20,21)22)18-14(16)4-3-7-24-18;;/h3-7,12-13,23H,8-11H2,1-2H3;2*1H/t12-,13+;;/m0../s1. The molecule has 1 N–H and O–H groups in total. The highest BCUT2D eigenvalue weighted by molar-refractivity contribution is 5.95. The van der Waals surface area contributed by atoms with Gasteiger partial charge >= 0.3 is 12.1 Å². The van der Waals surface area contributed by atoms with Crippen molar-refractivity contribution in [1.29, 1.82) is 0 Å². The predicted molar refractivity (Wildman–Crippen MR) is 111 cm³/mol. The third-order valence-electron chi connectivity index (χ3n) is 4.88. The molecule has 1 aliphatic rings. The molecule has 0 radical (unpaired) electrons. The molecule has 3 rings (SSSR count). The second kappa shape index (κ2) is 10.3. The van der Waals surface area contributed by atoms with E-state index in [9.17, 15) is 18.0 Å². The predicted octanol–water partition coefficient (Wildman–Crippen LogP) is 4.07. The molecule has 0 bridgehead atoms. The number of alkyl halides is 3. The molecule has 0 amide bonds. The fourth-order valence-corrected chi connectivity index (χ4v) is 3.62. The summed E-state index contributed by atoms with van der Waals surface area (Å²) < 4.78 is 45.0. The quantitative estimate of drug-likeness (QED) is 0.706. The van der Waals surface area contributed by atoms with Crippen LogP contribution < -0.4 is 10.2 Å². The van der Waals surface area contributed by atoms with Gasteiger partial charge in [0.15, 0.2) is 0 Å². The van der Waals surface area contributed by atoms with Crippen LogP contribution in [0.1, 0.15) is 18.9 Å². The number of ether oxygens (including phenoxy) is 1. The molecule has 1 aromatic carbocycles. The maximum absolute atomic E-state index is 13.4. The van der Waals surface area contributed by atoms with E-state index in [-0.39, 0.29) is 42.9 Å². The van der Waals surface area contributed by atoms with Crippen LogP contribution in [-0.2, 0) is 15.7 Å². The Bertz CT molecular complexity index is 836. The van der Waals surface area contributed by atoms with Crippen molar-refractivity contribution >= 4 is 47.4 Å². The molecule has 2 atom stereocenters. The van der Waals surface area contributed by atoms with Crippen LogP contribution in [0.2, 0.25) is 0 Å². The fourth-order valence-electron chi connectivity index (χ4n) is 3.62. The van der Waals surface area contributed by atoms with Gasteiger partial charge in [-0.15, -0.1) is 24.8 Å². The smallest absolute Gasteiger partial charge is 0.418 e. The van der Waals surface area contributed by atoms with Crippen LogP contribution in [0.25, 0.3) is 10.9 Å². The monoisotopic (exact) mass is 453 g/mol. The Morgan fingerprint density at radius 1 is 1.28 bits per heavy atom. The molecule has 162 valence electrons. The second-order valence-electron chi connectivity index (χ2n) is 6.89. The molecule has 0 spiro atoms. The molecular weight excluding hydrogens is 430 g/mol. The maximum Gasteiger partial charge on any atom is 0.418 e. The molecule has 2 aromatic rings. The van der Waals surface area contributed by atoms with Gasteiger partial charge < -0.3 is 15.0 Å². The van der Waals surface area contributed by atoms with Gasteiger partial charge in [0.05, 0.1) is 18.2 Å². The average molecular weight is 454 g/mol. The summed E-state index contributed by atoms with van der Waals surface area (Å²) in [5.41, 5.74) is -0.346. The lowest BCUT2D eigenvalue weighted by molar-refractivity contribution is -0.139. The van der Waals surface area contributed by atoms with Crippen LogP contribution in [0, 0.1) is 5.92 Å². The topological polar surface area (TPSA) is 54.5 Å². The number of hydrogen-bond donors (Lipinski definition) is 1. The van der Waals surface area contributed by atoms with Crippen molar-refractivity contribution in [1.82, 2.24) is 10.3 Å². The Kier molecular flexibility index (Phi) is 8.99. The number of pyridine rings is 1. The summed E-state index contributed by atoms with van der Waals surface area (Å²) in [6.45, 7) is 3.58. The van der Waals surface area contributed by atoms with Gasteiger partial charge in [0.25, 0.3) is 0 Å². The van der Waals surface area contributed by atoms with Crippen LogP contribution in [0.5, 0.6) is 0 Å². The molecule has 1 aromatic heterocycles. The first kappa shape index (κ1) is 25.3. The Hall–Kier alpha value is -1.77. The minimum Gasteiger partial charge on any atom is -0.468 e. The number of aromatic nitrogens is 1. The lowest BCUT2D eigenvalue weighted by Crippen LogP contribution is -2.50. The molecule has 0 unspecified atom stereocenters. The molecule has 5 nitrogen and oxygen atoms in total. The number of carbonyl (C=O) groups is 1. The van der Waals surface area contributed by atoms with E-state index in [0.29, 0.717) is 23.5 Å². The minimum absolute atomic E-state index is 0. The van der Waals surface area contributed by atoms with Crippen molar-refractivity contribution in [2.75, 3.05) is 31.6 Å². The Balaban J connectivity index is 0.00000210. The SMILES string of the molecule is COC(=O)CN(c1ccc(C(F)(F)F)c2ncccc12)[C@H]1CNC[C@@H](C)C1.Cl.Cl. The van der Waals surface area contributed by atoms with E-state index in [1.54, 1.807) is 12.1 Å². The van der Waals surface area contributed by atoms with Crippen molar-refractivity contribution in [3.8, 4) is 0 Å². The number of carbonyl (C=O) groups excluding carboxylic acids is 1. The number of piperidine rings is 1. The highest BCUT2D eigenvalue weighted by Gasteiger charge is 2.35. The van der Waals surface area contributed by atoms with Gasteiger partial charge in [-0.1, -0.05) is 6.92 Å². The molecule has 10 heteroatoms. The van der Waals surface area contributed by atoms with E-state index in [1.807, 2.05) is 4.90 Å². The van der Waals surface area contributed by atoms with Gasteiger partial charge in [0.1, 0.15) is 6.54 Å². The van der Waals surface area contributed by atoms with Crippen LogP contribution in [0.3, 0.4) is 0 Å². The van der Waals surface area contributed by atoms with Crippen LogP contribution in [-0.4, -0.2) is 43.7 Å². The first-order valence-corrected chi connectivity index (χ1v) is 8.80. The zero-order chi connectivity index (χ0) is 19.6. The number of rotatable bonds is 4. The van der Waals surface area contributed by atoms with E-state index >= 15 is 0 Å². The number of methoxy groups -OCH3 is 1. The first-order chi connectivity index (χ1) is 12.8. The van der Waals surface area contributed by atoms with Crippen LogP contribution in [0.15, 0.2) is 30.5 Å². The third-order valence-corrected chi connectivity index (χ3v) is 4.88. The number of halogens is 5. The summed E-state index contributed by atoms with van der Waals surface area (Å²) in [7, 11) is 1.30. The largest absolute Gasteiger partial charge is 0.468 e. The van der Waals surface area contributed by atoms with Crippen molar-refractivity contribution < 1.29 is 22.7 Å². The van der Waals surface area contributed by atoms with E-state index in [0.717, 1.165) is 19.0 Å². The van der Waals surface area contributed by atoms with Gasteiger partial charge in [0.2, 0.25) is 0 Å². The second-order valence-corrected chi connectivity index (χ2v) is 6.89. The van der Waals surface area contributed by atoms with Crippen molar-refractivity contribution in [3.63, 3.8) is 0 Å². The normalized spacial score (nSPS) is 19.1. The van der Waals surface area contributed by atoms with Crippen LogP contribution >= 0.6 is 24.8 Å². The number of esters is 1. The van der Waals surface area contributed by atoms with Crippen LogP contribution in [0.4, 0.5) is 18.9 Å². The third kappa shape index (κ3) is 5.65. The zero-order valence-electron chi connectivity index (χ0n) is 16.0.